The predicted molar refractivity (Wildman–Crippen MR) is 67.1 cm³/mol. The highest BCUT2D eigenvalue weighted by Crippen LogP contribution is 2.19. The molecule has 0 aromatic heterocycles. The van der Waals surface area contributed by atoms with E-state index in [0.717, 1.165) is 16.4 Å². The molecule has 1 rings (SSSR count). The van der Waals surface area contributed by atoms with Gasteiger partial charge >= 0.3 is 0 Å². The summed E-state index contributed by atoms with van der Waals surface area (Å²) in [5.74, 6) is -0.668. The Morgan fingerprint density at radius 3 is 2.61 bits per heavy atom. The van der Waals surface area contributed by atoms with Crippen molar-refractivity contribution in [2.75, 3.05) is 33.0 Å². The zero-order chi connectivity index (χ0) is 13.8. The molecule has 0 heterocycles. The van der Waals surface area contributed by atoms with Crippen molar-refractivity contribution in [3.8, 4) is 0 Å². The smallest absolute Gasteiger partial charge is 0.242 e. The molecule has 0 atom stereocenters. The molecule has 7 heteroatoms. The van der Waals surface area contributed by atoms with Crippen LogP contribution in [0, 0.1) is 5.82 Å². The van der Waals surface area contributed by atoms with Gasteiger partial charge in [-0.2, -0.15) is 0 Å². The van der Waals surface area contributed by atoms with E-state index in [0.29, 0.717) is 19.6 Å². The molecule has 0 saturated carbocycles. The topological polar surface area (TPSA) is 72.6 Å². The maximum Gasteiger partial charge on any atom is 0.242 e. The van der Waals surface area contributed by atoms with Crippen LogP contribution >= 0.6 is 0 Å². The molecular weight excluding hydrogens is 259 g/mol. The van der Waals surface area contributed by atoms with E-state index in [1.165, 1.54) is 13.1 Å². The fourth-order valence-electron chi connectivity index (χ4n) is 1.46. The number of hydrogen-bond acceptors (Lipinski definition) is 4. The molecule has 0 aliphatic rings. The van der Waals surface area contributed by atoms with Gasteiger partial charge in [0, 0.05) is 33.0 Å². The molecule has 102 valence electrons. The van der Waals surface area contributed by atoms with Crippen LogP contribution in [0.15, 0.2) is 23.1 Å². The minimum absolute atomic E-state index is 0.0823. The van der Waals surface area contributed by atoms with Crippen molar-refractivity contribution in [3.63, 3.8) is 0 Å². The summed E-state index contributed by atoms with van der Waals surface area (Å²) in [6.07, 6.45) is 0.566. The molecule has 1 aromatic carbocycles. The quantitative estimate of drug-likeness (QED) is 0.623. The van der Waals surface area contributed by atoms with Crippen LogP contribution in [0.4, 0.5) is 10.1 Å². The summed E-state index contributed by atoms with van der Waals surface area (Å²) in [4.78, 5) is -0.139. The largest absolute Gasteiger partial charge is 0.399 e. The first-order valence-corrected chi connectivity index (χ1v) is 6.83. The number of benzene rings is 1. The molecule has 0 amide bonds. The number of nitrogen functional groups attached to an aromatic ring is 1. The van der Waals surface area contributed by atoms with Gasteiger partial charge in [0.1, 0.15) is 5.82 Å². The Labute approximate surface area is 106 Å². The Hall–Kier alpha value is -1.18. The van der Waals surface area contributed by atoms with Gasteiger partial charge in [0.15, 0.2) is 0 Å². The number of ether oxygens (including phenoxy) is 1. The lowest BCUT2D eigenvalue weighted by Crippen LogP contribution is -2.28. The highest BCUT2D eigenvalue weighted by Gasteiger charge is 2.21. The first kappa shape index (κ1) is 14.9. The monoisotopic (exact) mass is 276 g/mol. The molecule has 0 spiro atoms. The second kappa shape index (κ2) is 6.12. The van der Waals surface area contributed by atoms with E-state index in [1.807, 2.05) is 0 Å². The van der Waals surface area contributed by atoms with Gasteiger partial charge in [-0.25, -0.2) is 17.1 Å². The predicted octanol–water partition coefficient (Wildman–Crippen LogP) is 1.06. The summed E-state index contributed by atoms with van der Waals surface area (Å²) in [7, 11) is -0.727. The molecule has 0 fully saturated rings. The Kier molecular flexibility index (Phi) is 5.06. The fraction of sp³-hybridized carbons (Fsp3) is 0.455. The zero-order valence-electron chi connectivity index (χ0n) is 10.4. The Morgan fingerprint density at radius 2 is 2.06 bits per heavy atom. The molecule has 0 bridgehead atoms. The number of rotatable bonds is 6. The van der Waals surface area contributed by atoms with E-state index < -0.39 is 15.8 Å². The Morgan fingerprint density at radius 1 is 1.39 bits per heavy atom. The van der Waals surface area contributed by atoms with Crippen molar-refractivity contribution in [3.05, 3.63) is 24.0 Å². The van der Waals surface area contributed by atoms with Gasteiger partial charge in [-0.3, -0.25) is 0 Å². The molecule has 0 radical (unpaired) electrons. The van der Waals surface area contributed by atoms with Crippen LogP contribution in [0.2, 0.25) is 0 Å². The average Bonchev–Trinajstić information content (AvgIpc) is 2.27. The fourth-order valence-corrected chi connectivity index (χ4v) is 2.74. The first-order valence-electron chi connectivity index (χ1n) is 5.39. The summed E-state index contributed by atoms with van der Waals surface area (Å²) >= 11 is 0. The standard InChI is InChI=1S/C11H17FN2O3S/c1-14(4-3-5-17-2)18(15,16)11-7-9(12)6-10(13)8-11/h6-8H,3-5,13H2,1-2H3. The lowest BCUT2D eigenvalue weighted by atomic mass is 10.3. The summed E-state index contributed by atoms with van der Waals surface area (Å²) in [5.41, 5.74) is 5.52. The minimum Gasteiger partial charge on any atom is -0.399 e. The van der Waals surface area contributed by atoms with Crippen LogP contribution in [0.1, 0.15) is 6.42 Å². The lowest BCUT2D eigenvalue weighted by molar-refractivity contribution is 0.189. The second-order valence-corrected chi connectivity index (χ2v) is 5.94. The SMILES string of the molecule is COCCCN(C)S(=O)(=O)c1cc(N)cc(F)c1. The molecule has 5 nitrogen and oxygen atoms in total. The van der Waals surface area contributed by atoms with Crippen LogP contribution in [0.5, 0.6) is 0 Å². The Bertz CT molecular complexity index is 485. The van der Waals surface area contributed by atoms with Gasteiger partial charge in [0.2, 0.25) is 10.0 Å². The van der Waals surface area contributed by atoms with Crippen LogP contribution in [-0.2, 0) is 14.8 Å². The molecule has 1 aromatic rings. The second-order valence-electron chi connectivity index (χ2n) is 3.89. The molecule has 0 aliphatic heterocycles. The van der Waals surface area contributed by atoms with E-state index in [-0.39, 0.29) is 10.6 Å². The third kappa shape index (κ3) is 3.66. The number of hydrogen-bond donors (Lipinski definition) is 1. The normalized spacial score (nSPS) is 12.0. The number of nitrogens with zero attached hydrogens (tertiary/aromatic N) is 1. The maximum absolute atomic E-state index is 13.1. The van der Waals surface area contributed by atoms with Gasteiger partial charge in [0.05, 0.1) is 4.90 Å². The number of sulfonamides is 1. The van der Waals surface area contributed by atoms with E-state index in [2.05, 4.69) is 0 Å². The summed E-state index contributed by atoms with van der Waals surface area (Å²) in [6.45, 7) is 0.762. The Balaban J connectivity index is 2.91. The van der Waals surface area contributed by atoms with Crippen molar-refractivity contribution in [1.29, 1.82) is 0 Å². The zero-order valence-corrected chi connectivity index (χ0v) is 11.2. The van der Waals surface area contributed by atoms with Crippen LogP contribution < -0.4 is 5.73 Å². The van der Waals surface area contributed by atoms with Crippen molar-refractivity contribution in [2.45, 2.75) is 11.3 Å². The maximum atomic E-state index is 13.1. The van der Waals surface area contributed by atoms with Crippen molar-refractivity contribution in [2.24, 2.45) is 0 Å². The third-order valence-electron chi connectivity index (χ3n) is 2.42. The van der Waals surface area contributed by atoms with Crippen LogP contribution in [-0.4, -0.2) is 40.0 Å². The van der Waals surface area contributed by atoms with E-state index in [9.17, 15) is 12.8 Å². The summed E-state index contributed by atoms with van der Waals surface area (Å²) in [6, 6.07) is 3.27. The first-order chi connectivity index (χ1) is 8.37. The molecular formula is C11H17FN2O3S. The molecule has 0 saturated heterocycles. The van der Waals surface area contributed by atoms with Gasteiger partial charge in [0.25, 0.3) is 0 Å². The number of anilines is 1. The molecule has 0 aliphatic carbocycles. The molecule has 18 heavy (non-hydrogen) atoms. The number of nitrogens with two attached hydrogens (primary N) is 1. The molecule has 2 N–H and O–H groups in total. The number of halogens is 1. The van der Waals surface area contributed by atoms with Gasteiger partial charge < -0.3 is 10.5 Å². The van der Waals surface area contributed by atoms with E-state index in [1.54, 1.807) is 7.11 Å². The summed E-state index contributed by atoms with van der Waals surface area (Å²) < 4.78 is 43.3. The van der Waals surface area contributed by atoms with Crippen LogP contribution in [0.3, 0.4) is 0 Å². The van der Waals surface area contributed by atoms with Crippen molar-refractivity contribution >= 4 is 15.7 Å². The highest BCUT2D eigenvalue weighted by atomic mass is 32.2. The van der Waals surface area contributed by atoms with Crippen molar-refractivity contribution in [1.82, 2.24) is 4.31 Å². The third-order valence-corrected chi connectivity index (χ3v) is 4.26. The highest BCUT2D eigenvalue weighted by molar-refractivity contribution is 7.89. The minimum atomic E-state index is -3.71. The van der Waals surface area contributed by atoms with Gasteiger partial charge in [-0.15, -0.1) is 0 Å². The lowest BCUT2D eigenvalue weighted by Gasteiger charge is -2.17. The van der Waals surface area contributed by atoms with Gasteiger partial charge in [-0.1, -0.05) is 0 Å². The van der Waals surface area contributed by atoms with Crippen molar-refractivity contribution < 1.29 is 17.5 Å². The van der Waals surface area contributed by atoms with E-state index in [4.69, 9.17) is 10.5 Å². The number of methoxy groups -OCH3 is 1. The average molecular weight is 276 g/mol. The molecule has 0 unspecified atom stereocenters. The van der Waals surface area contributed by atoms with Crippen LogP contribution in [0.25, 0.3) is 0 Å². The van der Waals surface area contributed by atoms with Gasteiger partial charge in [-0.05, 0) is 24.6 Å². The van der Waals surface area contributed by atoms with E-state index >= 15 is 0 Å². The summed E-state index contributed by atoms with van der Waals surface area (Å²) in [5, 5.41) is 0.